The van der Waals surface area contributed by atoms with Crippen LogP contribution in [0.5, 0.6) is 0 Å². The number of hydrogen-bond acceptors (Lipinski definition) is 4. The second kappa shape index (κ2) is 6.05. The average molecular weight is 306 g/mol. The Kier molecular flexibility index (Phi) is 4.35. The van der Waals surface area contributed by atoms with Crippen molar-refractivity contribution < 1.29 is 13.6 Å². The van der Waals surface area contributed by atoms with Crippen LogP contribution in [0.2, 0.25) is 0 Å². The van der Waals surface area contributed by atoms with Gasteiger partial charge >= 0.3 is 0 Å². The van der Waals surface area contributed by atoms with Crippen molar-refractivity contribution in [2.75, 3.05) is 10.6 Å². The largest absolute Gasteiger partial charge is 0.336 e. The van der Waals surface area contributed by atoms with Gasteiger partial charge in [-0.05, 0) is 24.3 Å². The quantitative estimate of drug-likeness (QED) is 0.911. The summed E-state index contributed by atoms with van der Waals surface area (Å²) in [6, 6.07) is 6.25. The molecule has 0 spiro atoms. The zero-order valence-corrected chi connectivity index (χ0v) is 12.4. The van der Waals surface area contributed by atoms with Crippen LogP contribution in [0.1, 0.15) is 20.8 Å². The Morgan fingerprint density at radius 2 is 1.68 bits per heavy atom. The lowest BCUT2D eigenvalue weighted by Crippen LogP contribution is -2.28. The second-order valence-electron chi connectivity index (χ2n) is 5.76. The van der Waals surface area contributed by atoms with Crippen molar-refractivity contribution in [1.29, 1.82) is 0 Å². The van der Waals surface area contributed by atoms with Crippen LogP contribution in [0.15, 0.2) is 30.3 Å². The van der Waals surface area contributed by atoms with Crippen molar-refractivity contribution >= 4 is 23.2 Å². The average Bonchev–Trinajstić information content (AvgIpc) is 2.43. The fraction of sp³-hybridized carbons (Fsp3) is 0.267. The molecule has 2 rings (SSSR count). The van der Waals surface area contributed by atoms with Crippen LogP contribution in [0.3, 0.4) is 0 Å². The molecule has 0 saturated heterocycles. The minimum absolute atomic E-state index is 0.0853. The van der Waals surface area contributed by atoms with Gasteiger partial charge in [0.1, 0.15) is 11.6 Å². The van der Waals surface area contributed by atoms with E-state index in [2.05, 4.69) is 20.8 Å². The van der Waals surface area contributed by atoms with E-state index in [1.54, 1.807) is 26.8 Å². The summed E-state index contributed by atoms with van der Waals surface area (Å²) in [6.07, 6.45) is 0. The Morgan fingerprint density at radius 1 is 1.05 bits per heavy atom. The first-order chi connectivity index (χ1) is 10.3. The number of carbonyl (C=O) groups excluding carboxylic acids is 1. The highest BCUT2D eigenvalue weighted by Gasteiger charge is 2.21. The molecule has 0 saturated carbocycles. The summed E-state index contributed by atoms with van der Waals surface area (Å²) in [5.74, 6) is -1.00. The zero-order valence-electron chi connectivity index (χ0n) is 12.4. The van der Waals surface area contributed by atoms with Crippen molar-refractivity contribution in [3.63, 3.8) is 0 Å². The van der Waals surface area contributed by atoms with E-state index in [-0.39, 0.29) is 17.4 Å². The van der Waals surface area contributed by atoms with Crippen LogP contribution < -0.4 is 10.6 Å². The smallest absolute Gasteiger partial charge is 0.230 e. The van der Waals surface area contributed by atoms with Crippen molar-refractivity contribution in [2.45, 2.75) is 20.8 Å². The molecule has 1 amide bonds. The molecule has 2 aromatic rings. The van der Waals surface area contributed by atoms with Gasteiger partial charge in [0.15, 0.2) is 11.6 Å². The van der Waals surface area contributed by atoms with Gasteiger partial charge in [0.05, 0.1) is 5.69 Å². The van der Waals surface area contributed by atoms with E-state index in [1.165, 1.54) is 12.1 Å². The molecule has 0 aliphatic carbocycles. The van der Waals surface area contributed by atoms with Crippen LogP contribution in [0, 0.1) is 17.0 Å². The molecule has 0 aliphatic rings. The molecular weight excluding hydrogens is 290 g/mol. The number of anilines is 3. The van der Waals surface area contributed by atoms with Gasteiger partial charge in [-0.2, -0.15) is 0 Å². The molecule has 5 nitrogen and oxygen atoms in total. The van der Waals surface area contributed by atoms with Crippen molar-refractivity contribution in [1.82, 2.24) is 10.2 Å². The normalized spacial score (nSPS) is 11.1. The van der Waals surface area contributed by atoms with Crippen LogP contribution in [-0.4, -0.2) is 16.1 Å². The molecule has 0 unspecified atom stereocenters. The third-order valence-corrected chi connectivity index (χ3v) is 2.78. The van der Waals surface area contributed by atoms with Gasteiger partial charge < -0.3 is 10.6 Å². The number of aromatic nitrogens is 2. The number of benzene rings is 1. The van der Waals surface area contributed by atoms with Crippen LogP contribution in [0.4, 0.5) is 26.1 Å². The number of nitrogens with one attached hydrogen (secondary N) is 2. The van der Waals surface area contributed by atoms with E-state index < -0.39 is 17.0 Å². The Balaban J connectivity index is 2.07. The van der Waals surface area contributed by atoms with Crippen molar-refractivity contribution in [2.24, 2.45) is 5.41 Å². The van der Waals surface area contributed by atoms with Gasteiger partial charge in [-0.25, -0.2) is 8.78 Å². The minimum Gasteiger partial charge on any atom is -0.336 e. The van der Waals surface area contributed by atoms with Crippen molar-refractivity contribution in [3.8, 4) is 0 Å². The Morgan fingerprint density at radius 3 is 2.23 bits per heavy atom. The molecule has 0 aliphatic heterocycles. The number of rotatable bonds is 3. The lowest BCUT2D eigenvalue weighted by atomic mass is 9.96. The number of carbonyl (C=O) groups is 1. The van der Waals surface area contributed by atoms with E-state index in [0.29, 0.717) is 5.82 Å². The van der Waals surface area contributed by atoms with E-state index in [9.17, 15) is 13.6 Å². The number of nitrogens with zero attached hydrogens (tertiary/aromatic N) is 2. The standard InChI is InChI=1S/C15H16F2N4O/c1-15(2,3)14(22)19-13-7-6-12(20-21-13)18-11-5-4-9(16)8-10(11)17/h4-8H,1-3H3,(H,18,20)(H,19,21,22). The predicted molar refractivity (Wildman–Crippen MR) is 79.8 cm³/mol. The summed E-state index contributed by atoms with van der Waals surface area (Å²) >= 11 is 0. The predicted octanol–water partition coefficient (Wildman–Crippen LogP) is 3.48. The van der Waals surface area contributed by atoms with Crippen LogP contribution in [0.25, 0.3) is 0 Å². The molecule has 22 heavy (non-hydrogen) atoms. The van der Waals surface area contributed by atoms with E-state index in [0.717, 1.165) is 12.1 Å². The third-order valence-electron chi connectivity index (χ3n) is 2.78. The summed E-state index contributed by atoms with van der Waals surface area (Å²) in [4.78, 5) is 11.8. The van der Waals surface area contributed by atoms with E-state index in [4.69, 9.17) is 0 Å². The van der Waals surface area contributed by atoms with Gasteiger partial charge in [-0.1, -0.05) is 20.8 Å². The van der Waals surface area contributed by atoms with E-state index >= 15 is 0 Å². The van der Waals surface area contributed by atoms with Gasteiger partial charge in [0.25, 0.3) is 0 Å². The molecule has 0 radical (unpaired) electrons. The molecule has 2 N–H and O–H groups in total. The van der Waals surface area contributed by atoms with Gasteiger partial charge in [-0.15, -0.1) is 10.2 Å². The molecule has 7 heteroatoms. The summed E-state index contributed by atoms with van der Waals surface area (Å²) in [5, 5.41) is 13.0. The highest BCUT2D eigenvalue weighted by Crippen LogP contribution is 2.20. The van der Waals surface area contributed by atoms with Gasteiger partial charge in [0.2, 0.25) is 5.91 Å². The molecule has 0 bridgehead atoms. The fourth-order valence-corrected chi connectivity index (χ4v) is 1.50. The Labute approximate surface area is 126 Å². The van der Waals surface area contributed by atoms with Crippen molar-refractivity contribution in [3.05, 3.63) is 42.0 Å². The minimum atomic E-state index is -0.730. The molecule has 0 fully saturated rings. The lowest BCUT2D eigenvalue weighted by Gasteiger charge is -2.16. The lowest BCUT2D eigenvalue weighted by molar-refractivity contribution is -0.123. The maximum Gasteiger partial charge on any atom is 0.230 e. The SMILES string of the molecule is CC(C)(C)C(=O)Nc1ccc(Nc2ccc(F)cc2F)nn1. The number of halogens is 2. The fourth-order valence-electron chi connectivity index (χ4n) is 1.50. The van der Waals surface area contributed by atoms with Crippen LogP contribution >= 0.6 is 0 Å². The first-order valence-electron chi connectivity index (χ1n) is 6.63. The molecule has 1 aromatic carbocycles. The first kappa shape index (κ1) is 15.8. The monoisotopic (exact) mass is 306 g/mol. The molecule has 116 valence electrons. The highest BCUT2D eigenvalue weighted by atomic mass is 19.1. The Hall–Kier alpha value is -2.57. The van der Waals surface area contributed by atoms with Gasteiger partial charge in [-0.3, -0.25) is 4.79 Å². The second-order valence-corrected chi connectivity index (χ2v) is 5.76. The maximum atomic E-state index is 13.5. The summed E-state index contributed by atoms with van der Waals surface area (Å²) in [5.41, 5.74) is -0.460. The summed E-state index contributed by atoms with van der Waals surface area (Å²) in [6.45, 7) is 5.34. The van der Waals surface area contributed by atoms with Crippen LogP contribution in [-0.2, 0) is 4.79 Å². The molecule has 1 heterocycles. The highest BCUT2D eigenvalue weighted by molar-refractivity contribution is 5.93. The summed E-state index contributed by atoms with van der Waals surface area (Å²) in [7, 11) is 0. The van der Waals surface area contributed by atoms with E-state index in [1.807, 2.05) is 0 Å². The topological polar surface area (TPSA) is 66.9 Å². The molecule has 1 aromatic heterocycles. The zero-order chi connectivity index (χ0) is 16.3. The maximum absolute atomic E-state index is 13.5. The number of amides is 1. The Bertz CT molecular complexity index is 681. The third kappa shape index (κ3) is 3.97. The first-order valence-corrected chi connectivity index (χ1v) is 6.63. The number of hydrogen-bond donors (Lipinski definition) is 2. The summed E-state index contributed by atoms with van der Waals surface area (Å²) < 4.78 is 26.3. The van der Waals surface area contributed by atoms with Gasteiger partial charge in [0, 0.05) is 11.5 Å². The molecule has 0 atom stereocenters. The molecular formula is C15H16F2N4O.